The molecule has 1 saturated carbocycles. The molecule has 0 spiro atoms. The lowest BCUT2D eigenvalue weighted by Crippen LogP contribution is -2.36. The predicted octanol–water partition coefficient (Wildman–Crippen LogP) is 3.29. The molecular formula is C13H14F2O2. The van der Waals surface area contributed by atoms with Crippen LogP contribution in [0.1, 0.15) is 30.7 Å². The monoisotopic (exact) mass is 240 g/mol. The summed E-state index contributed by atoms with van der Waals surface area (Å²) in [6.45, 7) is 0. The fourth-order valence-electron chi connectivity index (χ4n) is 2.35. The third-order valence-corrected chi connectivity index (χ3v) is 3.24. The van der Waals surface area contributed by atoms with Crippen LogP contribution in [0.2, 0.25) is 0 Å². The molecule has 17 heavy (non-hydrogen) atoms. The molecule has 0 bridgehead atoms. The molecule has 1 unspecified atom stereocenters. The molecule has 4 heteroatoms. The van der Waals surface area contributed by atoms with E-state index in [9.17, 15) is 13.6 Å². The summed E-state index contributed by atoms with van der Waals surface area (Å²) in [5, 5.41) is 9.14. The number of hydrogen-bond donors (Lipinski definition) is 1. The first-order valence-electron chi connectivity index (χ1n) is 5.63. The average Bonchev–Trinajstić information content (AvgIpc) is 2.23. The van der Waals surface area contributed by atoms with Crippen molar-refractivity contribution < 1.29 is 18.7 Å². The Labute approximate surface area is 98.3 Å². The van der Waals surface area contributed by atoms with E-state index >= 15 is 0 Å². The molecule has 1 aromatic rings. The van der Waals surface area contributed by atoms with Gasteiger partial charge in [0.05, 0.1) is 5.92 Å². The third-order valence-electron chi connectivity index (χ3n) is 3.24. The fourth-order valence-corrected chi connectivity index (χ4v) is 2.35. The van der Waals surface area contributed by atoms with E-state index in [0.29, 0.717) is 12.0 Å². The van der Waals surface area contributed by atoms with E-state index in [1.807, 2.05) is 0 Å². The minimum atomic E-state index is -2.58. The Kier molecular flexibility index (Phi) is 3.13. The van der Waals surface area contributed by atoms with Gasteiger partial charge in [-0.3, -0.25) is 4.79 Å². The summed E-state index contributed by atoms with van der Waals surface area (Å²) in [6.07, 6.45) is -0.0534. The van der Waals surface area contributed by atoms with Crippen molar-refractivity contribution in [2.75, 3.05) is 0 Å². The summed E-state index contributed by atoms with van der Waals surface area (Å²) in [5.74, 6) is -4.36. The standard InChI is InChI=1S/C13H14F2O2/c14-13(15)7-9(8-13)6-11(12(16)17)10-4-2-1-3-5-10/h1-5,9,11H,6-8H2,(H,16,17). The molecule has 1 aromatic carbocycles. The number of carboxylic acids is 1. The SMILES string of the molecule is O=C(O)C(CC1CC(F)(F)C1)c1ccccc1. The van der Waals surface area contributed by atoms with E-state index in [4.69, 9.17) is 5.11 Å². The van der Waals surface area contributed by atoms with Crippen LogP contribution in [-0.4, -0.2) is 17.0 Å². The molecule has 2 nitrogen and oxygen atoms in total. The summed E-state index contributed by atoms with van der Waals surface area (Å²) < 4.78 is 25.4. The van der Waals surface area contributed by atoms with Crippen molar-refractivity contribution in [2.24, 2.45) is 5.92 Å². The Morgan fingerprint density at radius 3 is 2.41 bits per heavy atom. The molecule has 1 aliphatic carbocycles. The first-order chi connectivity index (χ1) is 7.98. The molecule has 1 atom stereocenters. The van der Waals surface area contributed by atoms with E-state index < -0.39 is 17.8 Å². The van der Waals surface area contributed by atoms with Gasteiger partial charge < -0.3 is 5.11 Å². The van der Waals surface area contributed by atoms with Crippen molar-refractivity contribution in [2.45, 2.75) is 31.1 Å². The van der Waals surface area contributed by atoms with Crippen LogP contribution in [0.5, 0.6) is 0 Å². The lowest BCUT2D eigenvalue weighted by molar-refractivity contribution is -0.143. The minimum Gasteiger partial charge on any atom is -0.481 e. The molecule has 0 aromatic heterocycles. The number of benzene rings is 1. The topological polar surface area (TPSA) is 37.3 Å². The largest absolute Gasteiger partial charge is 0.481 e. The van der Waals surface area contributed by atoms with Gasteiger partial charge in [0.15, 0.2) is 0 Å². The van der Waals surface area contributed by atoms with Gasteiger partial charge in [0.1, 0.15) is 0 Å². The second kappa shape index (κ2) is 4.43. The molecule has 0 radical (unpaired) electrons. The molecule has 0 amide bonds. The molecule has 2 rings (SSSR count). The summed E-state index contributed by atoms with van der Waals surface area (Å²) in [7, 11) is 0. The lowest BCUT2D eigenvalue weighted by atomic mass is 9.74. The maximum absolute atomic E-state index is 12.7. The van der Waals surface area contributed by atoms with Crippen LogP contribution >= 0.6 is 0 Å². The van der Waals surface area contributed by atoms with Crippen molar-refractivity contribution in [3.8, 4) is 0 Å². The molecule has 1 N–H and O–H groups in total. The maximum atomic E-state index is 12.7. The van der Waals surface area contributed by atoms with Gasteiger partial charge in [-0.2, -0.15) is 0 Å². The Morgan fingerprint density at radius 1 is 1.35 bits per heavy atom. The van der Waals surface area contributed by atoms with E-state index in [1.54, 1.807) is 30.3 Å². The van der Waals surface area contributed by atoms with E-state index in [0.717, 1.165) is 0 Å². The Bertz CT molecular complexity index is 395. The molecule has 0 aliphatic heterocycles. The van der Waals surface area contributed by atoms with Crippen molar-refractivity contribution in [1.29, 1.82) is 0 Å². The zero-order chi connectivity index (χ0) is 12.5. The fraction of sp³-hybridized carbons (Fsp3) is 0.462. The third kappa shape index (κ3) is 2.81. The first kappa shape index (κ1) is 12.0. The molecular weight excluding hydrogens is 226 g/mol. The van der Waals surface area contributed by atoms with Crippen LogP contribution < -0.4 is 0 Å². The van der Waals surface area contributed by atoms with Gasteiger partial charge in [0.2, 0.25) is 5.92 Å². The molecule has 0 saturated heterocycles. The first-order valence-corrected chi connectivity index (χ1v) is 5.63. The van der Waals surface area contributed by atoms with Crippen LogP contribution in [0, 0.1) is 5.92 Å². The number of halogens is 2. The van der Waals surface area contributed by atoms with Crippen molar-refractivity contribution in [1.82, 2.24) is 0 Å². The molecule has 1 fully saturated rings. The number of rotatable bonds is 4. The van der Waals surface area contributed by atoms with Gasteiger partial charge in [0.25, 0.3) is 0 Å². The molecule has 0 heterocycles. The van der Waals surface area contributed by atoms with Gasteiger partial charge in [-0.25, -0.2) is 8.78 Å². The Balaban J connectivity index is 2.02. The summed E-state index contributed by atoms with van der Waals surface area (Å²) in [5.41, 5.74) is 0.690. The second-order valence-corrected chi connectivity index (χ2v) is 4.67. The number of carbonyl (C=O) groups is 1. The van der Waals surface area contributed by atoms with Gasteiger partial charge in [0, 0.05) is 12.8 Å². The quantitative estimate of drug-likeness (QED) is 0.876. The summed E-state index contributed by atoms with van der Waals surface area (Å²) in [4.78, 5) is 11.1. The highest BCUT2D eigenvalue weighted by atomic mass is 19.3. The summed E-state index contributed by atoms with van der Waals surface area (Å²) >= 11 is 0. The maximum Gasteiger partial charge on any atom is 0.310 e. The number of carboxylic acid groups (broad SMARTS) is 1. The van der Waals surface area contributed by atoms with Crippen LogP contribution in [0.15, 0.2) is 30.3 Å². The van der Waals surface area contributed by atoms with Crippen molar-refractivity contribution in [3.05, 3.63) is 35.9 Å². The lowest BCUT2D eigenvalue weighted by Gasteiger charge is -2.36. The highest BCUT2D eigenvalue weighted by Gasteiger charge is 2.46. The highest BCUT2D eigenvalue weighted by molar-refractivity contribution is 5.76. The number of alkyl halides is 2. The average molecular weight is 240 g/mol. The van der Waals surface area contributed by atoms with Crippen LogP contribution in [0.4, 0.5) is 8.78 Å². The van der Waals surface area contributed by atoms with Gasteiger partial charge in [-0.05, 0) is 17.9 Å². The molecule has 1 aliphatic rings. The second-order valence-electron chi connectivity index (χ2n) is 4.67. The zero-order valence-corrected chi connectivity index (χ0v) is 9.27. The van der Waals surface area contributed by atoms with Gasteiger partial charge >= 0.3 is 5.97 Å². The van der Waals surface area contributed by atoms with Gasteiger partial charge in [-0.1, -0.05) is 30.3 Å². The molecule has 92 valence electrons. The summed E-state index contributed by atoms with van der Waals surface area (Å²) in [6, 6.07) is 8.80. The van der Waals surface area contributed by atoms with Crippen molar-refractivity contribution >= 4 is 5.97 Å². The smallest absolute Gasteiger partial charge is 0.310 e. The normalized spacial score (nSPS) is 20.6. The van der Waals surface area contributed by atoms with E-state index in [2.05, 4.69) is 0 Å². The minimum absolute atomic E-state index is 0.175. The Hall–Kier alpha value is -1.45. The predicted molar refractivity (Wildman–Crippen MR) is 59.1 cm³/mol. The van der Waals surface area contributed by atoms with Crippen molar-refractivity contribution in [3.63, 3.8) is 0 Å². The van der Waals surface area contributed by atoms with E-state index in [1.165, 1.54) is 0 Å². The number of aliphatic carboxylic acids is 1. The van der Waals surface area contributed by atoms with Crippen LogP contribution in [0.3, 0.4) is 0 Å². The zero-order valence-electron chi connectivity index (χ0n) is 9.27. The number of hydrogen-bond acceptors (Lipinski definition) is 1. The van der Waals surface area contributed by atoms with Gasteiger partial charge in [-0.15, -0.1) is 0 Å². The Morgan fingerprint density at radius 2 is 1.94 bits per heavy atom. The van der Waals surface area contributed by atoms with E-state index in [-0.39, 0.29) is 18.8 Å². The highest BCUT2D eigenvalue weighted by Crippen LogP contribution is 2.46. The van der Waals surface area contributed by atoms with Crippen LogP contribution in [0.25, 0.3) is 0 Å². The van der Waals surface area contributed by atoms with Crippen LogP contribution in [-0.2, 0) is 4.79 Å².